The fourth-order valence-electron chi connectivity index (χ4n) is 3.35. The number of likely N-dealkylation sites (tertiary alicyclic amines) is 1. The van der Waals surface area contributed by atoms with Crippen molar-refractivity contribution < 1.29 is 18.3 Å². The van der Waals surface area contributed by atoms with Crippen LogP contribution in [0, 0.1) is 0 Å². The zero-order valence-electron chi connectivity index (χ0n) is 14.5. The normalized spacial score (nSPS) is 17.8. The van der Waals surface area contributed by atoms with Gasteiger partial charge in [-0.15, -0.1) is 0 Å². The standard InChI is InChI=1S/C20H23F3N2O/c21-20(22,23)17-7-4-8-18(15-17)24-11-14-25-12-9-19(26,10-13-25)16-5-2-1-3-6-16/h1-8,15,24,26H,9-14H2. The number of aliphatic hydroxyl groups is 1. The maximum absolute atomic E-state index is 12.7. The minimum atomic E-state index is -4.33. The van der Waals surface area contributed by atoms with Crippen molar-refractivity contribution in [2.75, 3.05) is 31.5 Å². The Kier molecular flexibility index (Phi) is 5.53. The van der Waals surface area contributed by atoms with Gasteiger partial charge in [0.15, 0.2) is 0 Å². The number of nitrogens with zero attached hydrogens (tertiary/aromatic N) is 1. The molecule has 140 valence electrons. The van der Waals surface area contributed by atoms with Crippen molar-refractivity contribution in [2.24, 2.45) is 0 Å². The fraction of sp³-hybridized carbons (Fsp3) is 0.400. The van der Waals surface area contributed by atoms with Gasteiger partial charge in [0.1, 0.15) is 0 Å². The summed E-state index contributed by atoms with van der Waals surface area (Å²) in [6, 6.07) is 14.9. The predicted molar refractivity (Wildman–Crippen MR) is 95.9 cm³/mol. The summed E-state index contributed by atoms with van der Waals surface area (Å²) in [7, 11) is 0. The highest BCUT2D eigenvalue weighted by Gasteiger charge is 2.33. The second-order valence-electron chi connectivity index (χ2n) is 6.74. The molecule has 6 heteroatoms. The van der Waals surface area contributed by atoms with E-state index in [0.29, 0.717) is 25.1 Å². The highest BCUT2D eigenvalue weighted by Crippen LogP contribution is 2.33. The first kappa shape index (κ1) is 18.7. The van der Waals surface area contributed by atoms with Crippen molar-refractivity contribution in [1.82, 2.24) is 4.90 Å². The average molecular weight is 364 g/mol. The molecule has 0 unspecified atom stereocenters. The van der Waals surface area contributed by atoms with Gasteiger partial charge in [0.05, 0.1) is 11.2 Å². The summed E-state index contributed by atoms with van der Waals surface area (Å²) in [6.45, 7) is 2.80. The minimum Gasteiger partial charge on any atom is -0.385 e. The van der Waals surface area contributed by atoms with Gasteiger partial charge in [-0.1, -0.05) is 36.4 Å². The van der Waals surface area contributed by atoms with Crippen LogP contribution < -0.4 is 5.32 Å². The topological polar surface area (TPSA) is 35.5 Å². The molecule has 0 aliphatic carbocycles. The maximum atomic E-state index is 12.7. The number of halogens is 3. The third-order valence-corrected chi connectivity index (χ3v) is 4.94. The van der Waals surface area contributed by atoms with Gasteiger partial charge in [-0.2, -0.15) is 13.2 Å². The van der Waals surface area contributed by atoms with Gasteiger partial charge in [-0.3, -0.25) is 0 Å². The van der Waals surface area contributed by atoms with Crippen molar-refractivity contribution >= 4 is 5.69 Å². The Labute approximate surface area is 151 Å². The van der Waals surface area contributed by atoms with Crippen LogP contribution >= 0.6 is 0 Å². The first-order valence-corrected chi connectivity index (χ1v) is 8.78. The first-order chi connectivity index (χ1) is 12.4. The Hall–Kier alpha value is -2.05. The van der Waals surface area contributed by atoms with Crippen molar-refractivity contribution in [1.29, 1.82) is 0 Å². The molecule has 3 rings (SSSR count). The molecular formula is C20H23F3N2O. The number of nitrogens with one attached hydrogen (secondary N) is 1. The van der Waals surface area contributed by atoms with E-state index in [-0.39, 0.29) is 0 Å². The van der Waals surface area contributed by atoms with E-state index in [0.717, 1.165) is 37.3 Å². The number of hydrogen-bond donors (Lipinski definition) is 2. The number of anilines is 1. The van der Waals surface area contributed by atoms with Gasteiger partial charge in [-0.05, 0) is 36.6 Å². The van der Waals surface area contributed by atoms with Crippen molar-refractivity contribution in [3.05, 3.63) is 65.7 Å². The van der Waals surface area contributed by atoms with Crippen LogP contribution in [0.25, 0.3) is 0 Å². The highest BCUT2D eigenvalue weighted by molar-refractivity contribution is 5.46. The molecule has 1 aliphatic rings. The lowest BCUT2D eigenvalue weighted by molar-refractivity contribution is -0.137. The third kappa shape index (κ3) is 4.56. The van der Waals surface area contributed by atoms with Crippen LogP contribution in [0.2, 0.25) is 0 Å². The minimum absolute atomic E-state index is 0.470. The molecule has 0 saturated carbocycles. The zero-order valence-corrected chi connectivity index (χ0v) is 14.5. The second kappa shape index (κ2) is 7.68. The molecule has 0 atom stereocenters. The number of hydrogen-bond acceptors (Lipinski definition) is 3. The lowest BCUT2D eigenvalue weighted by atomic mass is 9.84. The van der Waals surface area contributed by atoms with Crippen molar-refractivity contribution in [3.63, 3.8) is 0 Å². The van der Waals surface area contributed by atoms with Gasteiger partial charge in [0, 0.05) is 31.9 Å². The molecule has 26 heavy (non-hydrogen) atoms. The second-order valence-corrected chi connectivity index (χ2v) is 6.74. The van der Waals surface area contributed by atoms with Crippen molar-refractivity contribution in [2.45, 2.75) is 24.6 Å². The predicted octanol–water partition coefficient (Wildman–Crippen LogP) is 4.10. The summed E-state index contributed by atoms with van der Waals surface area (Å²) in [5.41, 5.74) is -0.0144. The molecule has 2 N–H and O–H groups in total. The van der Waals surface area contributed by atoms with Crippen LogP contribution in [-0.4, -0.2) is 36.2 Å². The Balaban J connectivity index is 1.47. The van der Waals surface area contributed by atoms with E-state index in [4.69, 9.17) is 0 Å². The van der Waals surface area contributed by atoms with E-state index in [2.05, 4.69) is 10.2 Å². The first-order valence-electron chi connectivity index (χ1n) is 8.78. The monoisotopic (exact) mass is 364 g/mol. The molecule has 2 aromatic rings. The van der Waals surface area contributed by atoms with Crippen molar-refractivity contribution in [3.8, 4) is 0 Å². The number of rotatable bonds is 5. The summed E-state index contributed by atoms with van der Waals surface area (Å²) < 4.78 is 38.2. The Morgan fingerprint density at radius 3 is 2.35 bits per heavy atom. The molecule has 0 aromatic heterocycles. The summed E-state index contributed by atoms with van der Waals surface area (Å²) in [5, 5.41) is 13.9. The van der Waals surface area contributed by atoms with Gasteiger partial charge in [-0.25, -0.2) is 0 Å². The molecule has 0 radical (unpaired) electrons. The van der Waals surface area contributed by atoms with Crippen LogP contribution in [0.1, 0.15) is 24.0 Å². The average Bonchev–Trinajstić information content (AvgIpc) is 2.64. The van der Waals surface area contributed by atoms with E-state index in [1.165, 1.54) is 6.07 Å². The van der Waals surface area contributed by atoms with Gasteiger partial charge in [0.2, 0.25) is 0 Å². The molecule has 1 aliphatic heterocycles. The molecule has 0 amide bonds. The van der Waals surface area contributed by atoms with Crippen LogP contribution in [0.5, 0.6) is 0 Å². The Bertz CT molecular complexity index is 710. The third-order valence-electron chi connectivity index (χ3n) is 4.94. The molecule has 1 saturated heterocycles. The maximum Gasteiger partial charge on any atom is 0.416 e. The summed E-state index contributed by atoms with van der Waals surface area (Å²) in [6.07, 6.45) is -3.02. The lowest BCUT2D eigenvalue weighted by Gasteiger charge is -2.38. The summed E-state index contributed by atoms with van der Waals surface area (Å²) in [4.78, 5) is 2.22. The van der Waals surface area contributed by atoms with Gasteiger partial charge in [0.25, 0.3) is 0 Å². The van der Waals surface area contributed by atoms with Gasteiger partial charge < -0.3 is 15.3 Å². The SMILES string of the molecule is OC1(c2ccccc2)CCN(CCNc2cccc(C(F)(F)F)c2)CC1. The molecule has 1 fully saturated rings. The molecule has 3 nitrogen and oxygen atoms in total. The number of piperidine rings is 1. The summed E-state index contributed by atoms with van der Waals surface area (Å²) >= 11 is 0. The van der Waals surface area contributed by atoms with Gasteiger partial charge >= 0.3 is 6.18 Å². The largest absolute Gasteiger partial charge is 0.416 e. The number of benzene rings is 2. The van der Waals surface area contributed by atoms with E-state index >= 15 is 0 Å². The van der Waals surface area contributed by atoms with Crippen LogP contribution in [0.4, 0.5) is 18.9 Å². The van der Waals surface area contributed by atoms with Crippen LogP contribution in [0.3, 0.4) is 0 Å². The summed E-state index contributed by atoms with van der Waals surface area (Å²) in [5.74, 6) is 0. The van der Waals surface area contributed by atoms with Crippen LogP contribution in [-0.2, 0) is 11.8 Å². The van der Waals surface area contributed by atoms with E-state index in [1.54, 1.807) is 6.07 Å². The molecular weight excluding hydrogens is 341 g/mol. The quantitative estimate of drug-likeness (QED) is 0.838. The molecule has 2 aromatic carbocycles. The zero-order chi connectivity index (χ0) is 18.6. The molecule has 0 spiro atoms. The molecule has 1 heterocycles. The van der Waals surface area contributed by atoms with E-state index in [9.17, 15) is 18.3 Å². The van der Waals surface area contributed by atoms with Crippen LogP contribution in [0.15, 0.2) is 54.6 Å². The fourth-order valence-corrected chi connectivity index (χ4v) is 3.35. The van der Waals surface area contributed by atoms with E-state index in [1.807, 2.05) is 30.3 Å². The Morgan fingerprint density at radius 1 is 1.00 bits per heavy atom. The Morgan fingerprint density at radius 2 is 1.69 bits per heavy atom. The highest BCUT2D eigenvalue weighted by atomic mass is 19.4. The van der Waals surface area contributed by atoms with E-state index < -0.39 is 17.3 Å². The smallest absolute Gasteiger partial charge is 0.385 e. The number of alkyl halides is 3. The molecule has 0 bridgehead atoms. The lowest BCUT2D eigenvalue weighted by Crippen LogP contribution is -2.44.